The van der Waals surface area contributed by atoms with E-state index in [1.807, 2.05) is 0 Å². The van der Waals surface area contributed by atoms with Gasteiger partial charge in [0.1, 0.15) is 13.2 Å². The number of rotatable bonds is 61. The van der Waals surface area contributed by atoms with Gasteiger partial charge in [-0.25, -0.2) is 0 Å². The number of esters is 3. The summed E-state index contributed by atoms with van der Waals surface area (Å²) in [5.74, 6) is -0.857. The van der Waals surface area contributed by atoms with Crippen LogP contribution in [-0.2, 0) is 28.6 Å². The third kappa shape index (κ3) is 60.6. The molecule has 1 unspecified atom stereocenters. The number of carbonyl (C=O) groups is 3. The average molecular weight is 1030 g/mol. The normalized spacial score (nSPS) is 12.1. The molecule has 0 bridgehead atoms. The van der Waals surface area contributed by atoms with Crippen LogP contribution in [0.2, 0.25) is 0 Å². The van der Waals surface area contributed by atoms with Gasteiger partial charge in [-0.1, -0.05) is 302 Å². The second kappa shape index (κ2) is 62.4. The van der Waals surface area contributed by atoms with Gasteiger partial charge in [0.25, 0.3) is 0 Å². The van der Waals surface area contributed by atoms with E-state index in [-0.39, 0.29) is 31.1 Å². The number of ether oxygens (including phenoxy) is 3. The maximum Gasteiger partial charge on any atom is 0.306 e. The second-order valence-electron chi connectivity index (χ2n) is 22.4. The van der Waals surface area contributed by atoms with Crippen molar-refractivity contribution < 1.29 is 28.6 Å². The van der Waals surface area contributed by atoms with Crippen LogP contribution in [0.3, 0.4) is 0 Å². The minimum atomic E-state index is -0.774. The molecular weight excluding hydrogens is 901 g/mol. The number of carbonyl (C=O) groups excluding carboxylic acids is 3. The summed E-state index contributed by atoms with van der Waals surface area (Å²) in [6.45, 7) is 6.69. The molecule has 0 spiro atoms. The van der Waals surface area contributed by atoms with Gasteiger partial charge in [0.05, 0.1) is 0 Å². The lowest BCUT2D eigenvalue weighted by Gasteiger charge is -2.18. The Labute approximate surface area is 455 Å². The minimum absolute atomic E-state index is 0.0706. The molecule has 0 N–H and O–H groups in total. The van der Waals surface area contributed by atoms with Gasteiger partial charge in [-0.2, -0.15) is 0 Å². The predicted octanol–water partition coefficient (Wildman–Crippen LogP) is 22.2. The van der Waals surface area contributed by atoms with Crippen LogP contribution in [0.5, 0.6) is 0 Å². The maximum absolute atomic E-state index is 12.9. The van der Waals surface area contributed by atoms with E-state index in [9.17, 15) is 14.4 Å². The van der Waals surface area contributed by atoms with E-state index in [1.54, 1.807) is 0 Å². The van der Waals surface area contributed by atoms with Crippen LogP contribution < -0.4 is 0 Å². The molecule has 430 valence electrons. The summed E-state index contributed by atoms with van der Waals surface area (Å²) in [5, 5.41) is 0. The highest BCUT2D eigenvalue weighted by molar-refractivity contribution is 5.71. The Morgan fingerprint density at radius 3 is 0.685 bits per heavy atom. The third-order valence-corrected chi connectivity index (χ3v) is 14.9. The van der Waals surface area contributed by atoms with Gasteiger partial charge in [0, 0.05) is 19.3 Å². The number of hydrogen-bond donors (Lipinski definition) is 0. The van der Waals surface area contributed by atoms with Crippen LogP contribution in [-0.4, -0.2) is 37.2 Å². The first kappa shape index (κ1) is 70.9. The Morgan fingerprint density at radius 2 is 0.452 bits per heavy atom. The molecule has 0 aromatic heterocycles. The predicted molar refractivity (Wildman–Crippen MR) is 316 cm³/mol. The highest BCUT2D eigenvalue weighted by Gasteiger charge is 2.19. The standard InChI is InChI=1S/C67H126O6/c1-4-7-10-13-16-19-22-25-28-30-31-32-33-34-35-37-39-42-45-48-51-54-57-60-66(69)72-63-64(62-71-65(68)59-56-53-50-47-44-41-38-27-24-21-18-15-12-9-6-3)73-67(70)61-58-55-52-49-46-43-40-36-29-26-23-20-17-14-11-8-5-2/h26-27,29,38,64H,4-25,28,30-37,39-63H2,1-3H3/b29-26-,38-27-. The Morgan fingerprint density at radius 1 is 0.260 bits per heavy atom. The lowest BCUT2D eigenvalue weighted by molar-refractivity contribution is -0.167. The van der Waals surface area contributed by atoms with Crippen LogP contribution in [0.15, 0.2) is 24.3 Å². The SMILES string of the molecule is CCCCCCCC/C=C\CCCCCCCCCC(=O)OC(COC(=O)CCCCCCC/C=C\CCCCCCCC)COC(=O)CCCCCCCCCCCCCCCCCCCCCCCCC. The van der Waals surface area contributed by atoms with E-state index in [0.717, 1.165) is 64.2 Å². The van der Waals surface area contributed by atoms with E-state index in [2.05, 4.69) is 45.1 Å². The molecule has 6 nitrogen and oxygen atoms in total. The van der Waals surface area contributed by atoms with Gasteiger partial charge in [0.2, 0.25) is 0 Å². The fraction of sp³-hybridized carbons (Fsp3) is 0.896. The number of hydrogen-bond acceptors (Lipinski definition) is 6. The van der Waals surface area contributed by atoms with Gasteiger partial charge in [0.15, 0.2) is 6.10 Å². The topological polar surface area (TPSA) is 78.9 Å². The van der Waals surface area contributed by atoms with Gasteiger partial charge in [-0.15, -0.1) is 0 Å². The molecule has 0 aliphatic heterocycles. The van der Waals surface area contributed by atoms with E-state index < -0.39 is 6.10 Å². The van der Waals surface area contributed by atoms with Crippen molar-refractivity contribution in [2.45, 2.75) is 374 Å². The lowest BCUT2D eigenvalue weighted by atomic mass is 10.0. The van der Waals surface area contributed by atoms with Crippen molar-refractivity contribution in [1.29, 1.82) is 0 Å². The van der Waals surface area contributed by atoms with E-state index in [4.69, 9.17) is 14.2 Å². The fourth-order valence-corrected chi connectivity index (χ4v) is 9.97. The van der Waals surface area contributed by atoms with Gasteiger partial charge < -0.3 is 14.2 Å². The molecule has 73 heavy (non-hydrogen) atoms. The summed E-state index contributed by atoms with van der Waals surface area (Å²) in [6, 6.07) is 0. The van der Waals surface area contributed by atoms with Crippen LogP contribution in [0.4, 0.5) is 0 Å². The molecule has 0 aromatic rings. The zero-order chi connectivity index (χ0) is 52.9. The molecular formula is C67H126O6. The maximum atomic E-state index is 12.9. The van der Waals surface area contributed by atoms with Crippen LogP contribution in [0.25, 0.3) is 0 Å². The lowest BCUT2D eigenvalue weighted by Crippen LogP contribution is -2.30. The molecule has 0 aromatic carbocycles. The molecule has 0 fully saturated rings. The third-order valence-electron chi connectivity index (χ3n) is 14.9. The summed E-state index contributed by atoms with van der Waals surface area (Å²) in [4.78, 5) is 38.3. The molecule has 0 amide bonds. The van der Waals surface area contributed by atoms with Crippen LogP contribution >= 0.6 is 0 Å². The van der Waals surface area contributed by atoms with Crippen molar-refractivity contribution in [3.8, 4) is 0 Å². The first-order chi connectivity index (χ1) is 36.0. The van der Waals surface area contributed by atoms with Crippen molar-refractivity contribution in [2.24, 2.45) is 0 Å². The largest absolute Gasteiger partial charge is 0.462 e. The Bertz CT molecular complexity index is 1180. The van der Waals surface area contributed by atoms with Crippen LogP contribution in [0.1, 0.15) is 367 Å². The van der Waals surface area contributed by atoms with E-state index >= 15 is 0 Å². The highest BCUT2D eigenvalue weighted by atomic mass is 16.6. The van der Waals surface area contributed by atoms with Crippen molar-refractivity contribution >= 4 is 17.9 Å². The van der Waals surface area contributed by atoms with Crippen LogP contribution in [0, 0.1) is 0 Å². The summed E-state index contributed by atoms with van der Waals surface area (Å²) >= 11 is 0. The summed E-state index contributed by atoms with van der Waals surface area (Å²) < 4.78 is 16.9. The molecule has 0 aliphatic carbocycles. The summed E-state index contributed by atoms with van der Waals surface area (Å²) in [6.07, 6.45) is 74.7. The first-order valence-electron chi connectivity index (χ1n) is 32.8. The van der Waals surface area contributed by atoms with Crippen molar-refractivity contribution in [3.63, 3.8) is 0 Å². The Kier molecular flexibility index (Phi) is 60.6. The fourth-order valence-electron chi connectivity index (χ4n) is 9.97. The molecule has 0 radical (unpaired) electrons. The average Bonchev–Trinajstić information content (AvgIpc) is 3.39. The molecule has 0 aliphatic rings. The Balaban J connectivity index is 4.28. The quantitative estimate of drug-likeness (QED) is 0.0261. The highest BCUT2D eigenvalue weighted by Crippen LogP contribution is 2.18. The first-order valence-corrected chi connectivity index (χ1v) is 32.8. The zero-order valence-corrected chi connectivity index (χ0v) is 49.4. The molecule has 0 saturated heterocycles. The number of allylic oxidation sites excluding steroid dienone is 4. The number of unbranched alkanes of at least 4 members (excludes halogenated alkanes) is 46. The summed E-state index contributed by atoms with van der Waals surface area (Å²) in [5.41, 5.74) is 0. The monoisotopic (exact) mass is 1030 g/mol. The van der Waals surface area contributed by atoms with Crippen molar-refractivity contribution in [3.05, 3.63) is 24.3 Å². The smallest absolute Gasteiger partial charge is 0.306 e. The van der Waals surface area contributed by atoms with Gasteiger partial charge in [-0.3, -0.25) is 14.4 Å². The van der Waals surface area contributed by atoms with Gasteiger partial charge in [-0.05, 0) is 70.6 Å². The van der Waals surface area contributed by atoms with Gasteiger partial charge >= 0.3 is 17.9 Å². The molecule has 0 heterocycles. The van der Waals surface area contributed by atoms with E-state index in [1.165, 1.54) is 263 Å². The Hall–Kier alpha value is -2.11. The molecule has 1 atom stereocenters. The zero-order valence-electron chi connectivity index (χ0n) is 49.4. The van der Waals surface area contributed by atoms with E-state index in [0.29, 0.717) is 19.3 Å². The summed E-state index contributed by atoms with van der Waals surface area (Å²) in [7, 11) is 0. The molecule has 0 rings (SSSR count). The molecule has 6 heteroatoms. The van der Waals surface area contributed by atoms with Crippen molar-refractivity contribution in [1.82, 2.24) is 0 Å². The van der Waals surface area contributed by atoms with Crippen molar-refractivity contribution in [2.75, 3.05) is 13.2 Å². The molecule has 0 saturated carbocycles. The minimum Gasteiger partial charge on any atom is -0.462 e. The second-order valence-corrected chi connectivity index (χ2v) is 22.4.